The Morgan fingerprint density at radius 3 is 2.54 bits per heavy atom. The molecule has 0 aliphatic carbocycles. The second-order valence-electron chi connectivity index (χ2n) is 6.85. The molecular weight excluding hydrogens is 326 g/mol. The lowest BCUT2D eigenvalue weighted by atomic mass is 10.1. The minimum Gasteiger partial charge on any atom is -0.341 e. The van der Waals surface area contributed by atoms with Crippen LogP contribution in [-0.4, -0.2) is 56.8 Å². The number of carbonyl (C=O) groups is 1. The Labute approximate surface area is 152 Å². The van der Waals surface area contributed by atoms with E-state index in [1.165, 1.54) is 0 Å². The maximum Gasteiger partial charge on any atom is 0.255 e. The third-order valence-electron chi connectivity index (χ3n) is 4.93. The van der Waals surface area contributed by atoms with E-state index < -0.39 is 0 Å². The van der Waals surface area contributed by atoms with E-state index in [1.807, 2.05) is 55.1 Å². The Kier molecular flexibility index (Phi) is 4.42. The normalized spacial score (nSPS) is 15.5. The number of piperazine rings is 1. The number of H-pyrrole nitrogens is 1. The van der Waals surface area contributed by atoms with Crippen molar-refractivity contribution >= 4 is 16.9 Å². The summed E-state index contributed by atoms with van der Waals surface area (Å²) in [6, 6.07) is 11.9. The predicted octanol–water partition coefficient (Wildman–Crippen LogP) is 2.53. The van der Waals surface area contributed by atoms with Crippen LogP contribution in [0, 0.1) is 13.8 Å². The molecule has 26 heavy (non-hydrogen) atoms. The summed E-state index contributed by atoms with van der Waals surface area (Å²) in [5.41, 5.74) is 4.52. The lowest BCUT2D eigenvalue weighted by Crippen LogP contribution is -2.48. The van der Waals surface area contributed by atoms with Crippen LogP contribution in [0.1, 0.15) is 27.6 Å². The predicted molar refractivity (Wildman–Crippen MR) is 101 cm³/mol. The smallest absolute Gasteiger partial charge is 0.255 e. The van der Waals surface area contributed by atoms with Gasteiger partial charge in [0.1, 0.15) is 5.82 Å². The van der Waals surface area contributed by atoms with Gasteiger partial charge in [0, 0.05) is 31.9 Å². The molecule has 0 bridgehead atoms. The highest BCUT2D eigenvalue weighted by atomic mass is 16.2. The summed E-state index contributed by atoms with van der Waals surface area (Å²) in [5, 5.41) is 0. The van der Waals surface area contributed by atoms with Crippen LogP contribution in [0.2, 0.25) is 0 Å². The van der Waals surface area contributed by atoms with Crippen molar-refractivity contribution in [1.29, 1.82) is 0 Å². The van der Waals surface area contributed by atoms with E-state index in [9.17, 15) is 4.79 Å². The highest BCUT2D eigenvalue weighted by Gasteiger charge is 2.24. The quantitative estimate of drug-likeness (QED) is 0.789. The van der Waals surface area contributed by atoms with E-state index in [0.717, 1.165) is 61.0 Å². The largest absolute Gasteiger partial charge is 0.341 e. The van der Waals surface area contributed by atoms with E-state index in [2.05, 4.69) is 19.9 Å². The van der Waals surface area contributed by atoms with Gasteiger partial charge in [0.05, 0.1) is 28.8 Å². The minimum absolute atomic E-state index is 0.0818. The molecule has 1 aliphatic heterocycles. The Hall–Kier alpha value is -2.73. The van der Waals surface area contributed by atoms with Crippen LogP contribution in [-0.2, 0) is 6.54 Å². The molecule has 6 heteroatoms. The number of pyridine rings is 1. The molecule has 1 aromatic carbocycles. The molecule has 4 rings (SSSR count). The van der Waals surface area contributed by atoms with Gasteiger partial charge in [-0.05, 0) is 38.1 Å². The minimum atomic E-state index is 0.0818. The van der Waals surface area contributed by atoms with Crippen LogP contribution in [0.15, 0.2) is 36.4 Å². The number of benzene rings is 1. The molecule has 3 aromatic rings. The number of aryl methyl sites for hydroxylation is 2. The van der Waals surface area contributed by atoms with Gasteiger partial charge in [-0.25, -0.2) is 4.98 Å². The van der Waals surface area contributed by atoms with Gasteiger partial charge < -0.3 is 9.88 Å². The zero-order valence-corrected chi connectivity index (χ0v) is 15.2. The molecule has 0 radical (unpaired) electrons. The lowest BCUT2D eigenvalue weighted by molar-refractivity contribution is 0.0624. The molecule has 1 saturated heterocycles. The fourth-order valence-electron chi connectivity index (χ4n) is 3.48. The van der Waals surface area contributed by atoms with Gasteiger partial charge >= 0.3 is 0 Å². The Morgan fingerprint density at radius 2 is 1.81 bits per heavy atom. The molecule has 0 unspecified atom stereocenters. The average Bonchev–Trinajstić information content (AvgIpc) is 3.04. The summed E-state index contributed by atoms with van der Waals surface area (Å²) >= 11 is 0. The topological polar surface area (TPSA) is 65.1 Å². The highest BCUT2D eigenvalue weighted by Crippen LogP contribution is 2.15. The standard InChI is InChI=1S/C20H23N5O/c1-14-7-8-16(15(2)21-14)20(26)25-11-9-24(10-12-25)13-19-22-17-5-3-4-6-18(17)23-19/h3-8H,9-13H2,1-2H3,(H,22,23). The first-order chi connectivity index (χ1) is 12.6. The molecule has 1 fully saturated rings. The molecule has 0 saturated carbocycles. The number of nitrogens with one attached hydrogen (secondary N) is 1. The second kappa shape index (κ2) is 6.88. The van der Waals surface area contributed by atoms with Crippen molar-refractivity contribution < 1.29 is 4.79 Å². The SMILES string of the molecule is Cc1ccc(C(=O)N2CCN(Cc3nc4ccccc4[nH]3)CC2)c(C)n1. The Morgan fingerprint density at radius 1 is 1.04 bits per heavy atom. The van der Waals surface area contributed by atoms with Gasteiger partial charge in [0.15, 0.2) is 0 Å². The molecule has 6 nitrogen and oxygen atoms in total. The summed E-state index contributed by atoms with van der Waals surface area (Å²) in [5.74, 6) is 1.06. The van der Waals surface area contributed by atoms with Gasteiger partial charge in [0.25, 0.3) is 5.91 Å². The van der Waals surface area contributed by atoms with Crippen LogP contribution in [0.5, 0.6) is 0 Å². The number of amides is 1. The number of hydrogen-bond acceptors (Lipinski definition) is 4. The number of aromatic nitrogens is 3. The number of aromatic amines is 1. The number of hydrogen-bond donors (Lipinski definition) is 1. The number of nitrogens with zero attached hydrogens (tertiary/aromatic N) is 4. The summed E-state index contributed by atoms with van der Waals surface area (Å²) in [6.45, 7) is 7.78. The number of rotatable bonds is 3. The van der Waals surface area contributed by atoms with Crippen molar-refractivity contribution in [2.75, 3.05) is 26.2 Å². The van der Waals surface area contributed by atoms with E-state index in [-0.39, 0.29) is 5.91 Å². The fourth-order valence-corrected chi connectivity index (χ4v) is 3.48. The molecule has 0 spiro atoms. The average molecular weight is 349 g/mol. The van der Waals surface area contributed by atoms with E-state index >= 15 is 0 Å². The van der Waals surface area contributed by atoms with E-state index in [0.29, 0.717) is 5.56 Å². The van der Waals surface area contributed by atoms with Gasteiger partial charge in [-0.3, -0.25) is 14.7 Å². The second-order valence-corrected chi connectivity index (χ2v) is 6.85. The highest BCUT2D eigenvalue weighted by molar-refractivity contribution is 5.95. The molecule has 0 atom stereocenters. The van der Waals surface area contributed by atoms with Crippen molar-refractivity contribution in [3.05, 3.63) is 59.2 Å². The van der Waals surface area contributed by atoms with Crippen LogP contribution in [0.4, 0.5) is 0 Å². The molecule has 1 aliphatic rings. The van der Waals surface area contributed by atoms with Crippen molar-refractivity contribution in [2.45, 2.75) is 20.4 Å². The number of para-hydroxylation sites is 2. The van der Waals surface area contributed by atoms with Crippen molar-refractivity contribution in [3.8, 4) is 0 Å². The van der Waals surface area contributed by atoms with Crippen LogP contribution < -0.4 is 0 Å². The molecule has 3 heterocycles. The maximum atomic E-state index is 12.8. The van der Waals surface area contributed by atoms with Crippen molar-refractivity contribution in [3.63, 3.8) is 0 Å². The summed E-state index contributed by atoms with van der Waals surface area (Å²) in [6.07, 6.45) is 0. The third-order valence-corrected chi connectivity index (χ3v) is 4.93. The monoisotopic (exact) mass is 349 g/mol. The zero-order chi connectivity index (χ0) is 18.1. The third kappa shape index (κ3) is 3.32. The molecule has 1 N–H and O–H groups in total. The van der Waals surface area contributed by atoms with Gasteiger partial charge in [-0.15, -0.1) is 0 Å². The zero-order valence-electron chi connectivity index (χ0n) is 15.2. The van der Waals surface area contributed by atoms with Crippen LogP contribution in [0.3, 0.4) is 0 Å². The van der Waals surface area contributed by atoms with Gasteiger partial charge in [-0.2, -0.15) is 0 Å². The molecule has 1 amide bonds. The molecular formula is C20H23N5O. The first-order valence-corrected chi connectivity index (χ1v) is 8.99. The molecule has 134 valence electrons. The number of imidazole rings is 1. The van der Waals surface area contributed by atoms with Gasteiger partial charge in [-0.1, -0.05) is 12.1 Å². The van der Waals surface area contributed by atoms with E-state index in [4.69, 9.17) is 0 Å². The first kappa shape index (κ1) is 16.7. The first-order valence-electron chi connectivity index (χ1n) is 8.99. The number of fused-ring (bicyclic) bond motifs is 1. The molecule has 2 aromatic heterocycles. The maximum absolute atomic E-state index is 12.8. The number of carbonyl (C=O) groups excluding carboxylic acids is 1. The van der Waals surface area contributed by atoms with Crippen LogP contribution >= 0.6 is 0 Å². The summed E-state index contributed by atoms with van der Waals surface area (Å²) in [7, 11) is 0. The summed E-state index contributed by atoms with van der Waals surface area (Å²) < 4.78 is 0. The fraction of sp³-hybridized carbons (Fsp3) is 0.350. The van der Waals surface area contributed by atoms with Crippen molar-refractivity contribution in [2.24, 2.45) is 0 Å². The van der Waals surface area contributed by atoms with Crippen LogP contribution in [0.25, 0.3) is 11.0 Å². The lowest BCUT2D eigenvalue weighted by Gasteiger charge is -2.34. The van der Waals surface area contributed by atoms with Gasteiger partial charge in [0.2, 0.25) is 0 Å². The van der Waals surface area contributed by atoms with Crippen molar-refractivity contribution in [1.82, 2.24) is 24.8 Å². The van der Waals surface area contributed by atoms with E-state index in [1.54, 1.807) is 0 Å². The Bertz CT molecular complexity index is 907. The Balaban J connectivity index is 1.38. The summed E-state index contributed by atoms with van der Waals surface area (Å²) in [4.78, 5) is 29.5.